The Morgan fingerprint density at radius 2 is 1.75 bits per heavy atom. The van der Waals surface area contributed by atoms with Gasteiger partial charge in [-0.05, 0) is 32.4 Å². The summed E-state index contributed by atoms with van der Waals surface area (Å²) in [4.78, 5) is 0. The van der Waals surface area contributed by atoms with Crippen molar-refractivity contribution in [3.05, 3.63) is 64.7 Å². The number of para-hydroxylation sites is 1. The fraction of sp³-hybridized carbons (Fsp3) is 0.294. The van der Waals surface area contributed by atoms with Crippen molar-refractivity contribution in [1.82, 2.24) is 5.43 Å². The van der Waals surface area contributed by atoms with Crippen LogP contribution in [0.2, 0.25) is 0 Å². The number of benzene rings is 2. The molecule has 3 heteroatoms. The van der Waals surface area contributed by atoms with Crippen molar-refractivity contribution in [3.8, 4) is 5.75 Å². The highest BCUT2D eigenvalue weighted by Gasteiger charge is 2.17. The van der Waals surface area contributed by atoms with Crippen LogP contribution < -0.4 is 16.0 Å². The Kier molecular flexibility index (Phi) is 4.77. The van der Waals surface area contributed by atoms with Gasteiger partial charge in [0.25, 0.3) is 0 Å². The molecule has 0 aliphatic heterocycles. The van der Waals surface area contributed by atoms with Crippen LogP contribution in [0.1, 0.15) is 35.2 Å². The zero-order chi connectivity index (χ0) is 14.5. The van der Waals surface area contributed by atoms with Gasteiger partial charge >= 0.3 is 0 Å². The minimum Gasteiger partial charge on any atom is -0.494 e. The van der Waals surface area contributed by atoms with Crippen LogP contribution in [0.25, 0.3) is 0 Å². The lowest BCUT2D eigenvalue weighted by Gasteiger charge is -2.21. The molecule has 0 amide bonds. The molecule has 3 nitrogen and oxygen atoms in total. The van der Waals surface area contributed by atoms with E-state index in [9.17, 15) is 0 Å². The third-order valence-corrected chi connectivity index (χ3v) is 3.27. The van der Waals surface area contributed by atoms with Crippen LogP contribution in [-0.2, 0) is 0 Å². The molecule has 2 rings (SSSR count). The Morgan fingerprint density at radius 1 is 1.10 bits per heavy atom. The maximum Gasteiger partial charge on any atom is 0.124 e. The Balaban J connectivity index is 2.46. The summed E-state index contributed by atoms with van der Waals surface area (Å²) in [7, 11) is 0. The minimum atomic E-state index is -0.0728. The number of rotatable bonds is 5. The molecule has 2 aromatic rings. The first kappa shape index (κ1) is 14.6. The highest BCUT2D eigenvalue weighted by Crippen LogP contribution is 2.30. The van der Waals surface area contributed by atoms with Gasteiger partial charge in [0, 0.05) is 5.56 Å². The molecule has 106 valence electrons. The van der Waals surface area contributed by atoms with Gasteiger partial charge in [-0.3, -0.25) is 5.84 Å². The Morgan fingerprint density at radius 3 is 2.35 bits per heavy atom. The molecule has 0 aliphatic carbocycles. The summed E-state index contributed by atoms with van der Waals surface area (Å²) < 4.78 is 5.71. The molecule has 0 saturated heterocycles. The zero-order valence-electron chi connectivity index (χ0n) is 12.3. The molecule has 2 aromatic carbocycles. The molecule has 1 atom stereocenters. The van der Waals surface area contributed by atoms with Gasteiger partial charge in [0.2, 0.25) is 0 Å². The van der Waals surface area contributed by atoms with Gasteiger partial charge < -0.3 is 4.74 Å². The van der Waals surface area contributed by atoms with Gasteiger partial charge in [-0.25, -0.2) is 5.43 Å². The van der Waals surface area contributed by atoms with Crippen molar-refractivity contribution < 1.29 is 4.74 Å². The molecule has 0 saturated carbocycles. The van der Waals surface area contributed by atoms with E-state index in [1.54, 1.807) is 0 Å². The SMILES string of the molecule is CCOc1ccccc1C(NN)c1cc(C)cc(C)c1. The second kappa shape index (κ2) is 6.55. The molecule has 20 heavy (non-hydrogen) atoms. The molecule has 3 N–H and O–H groups in total. The van der Waals surface area contributed by atoms with Crippen LogP contribution in [0.4, 0.5) is 0 Å². The lowest BCUT2D eigenvalue weighted by Crippen LogP contribution is -2.29. The van der Waals surface area contributed by atoms with Crippen molar-refractivity contribution in [1.29, 1.82) is 0 Å². The number of hydrogen-bond acceptors (Lipinski definition) is 3. The van der Waals surface area contributed by atoms with Crippen LogP contribution >= 0.6 is 0 Å². The average molecular weight is 270 g/mol. The quantitative estimate of drug-likeness (QED) is 0.647. The highest BCUT2D eigenvalue weighted by atomic mass is 16.5. The molecular weight excluding hydrogens is 248 g/mol. The van der Waals surface area contributed by atoms with Crippen LogP contribution in [0.15, 0.2) is 42.5 Å². The Bertz CT molecular complexity index is 561. The van der Waals surface area contributed by atoms with E-state index in [0.717, 1.165) is 16.9 Å². The summed E-state index contributed by atoms with van der Waals surface area (Å²) in [5.41, 5.74) is 7.58. The summed E-state index contributed by atoms with van der Waals surface area (Å²) in [6, 6.07) is 14.4. The molecule has 0 spiro atoms. The maximum atomic E-state index is 5.80. The van der Waals surface area contributed by atoms with Crippen molar-refractivity contribution in [3.63, 3.8) is 0 Å². The van der Waals surface area contributed by atoms with E-state index in [-0.39, 0.29) is 6.04 Å². The van der Waals surface area contributed by atoms with Crippen molar-refractivity contribution >= 4 is 0 Å². The Hall–Kier alpha value is -1.84. The predicted molar refractivity (Wildman–Crippen MR) is 82.7 cm³/mol. The zero-order valence-corrected chi connectivity index (χ0v) is 12.3. The molecule has 0 radical (unpaired) electrons. The minimum absolute atomic E-state index is 0.0728. The second-order valence-electron chi connectivity index (χ2n) is 4.99. The first-order chi connectivity index (χ1) is 9.65. The molecule has 0 heterocycles. The third-order valence-electron chi connectivity index (χ3n) is 3.27. The van der Waals surface area contributed by atoms with Gasteiger partial charge in [-0.15, -0.1) is 0 Å². The molecule has 0 fully saturated rings. The fourth-order valence-corrected chi connectivity index (χ4v) is 2.55. The van der Waals surface area contributed by atoms with Crippen LogP contribution in [-0.4, -0.2) is 6.61 Å². The van der Waals surface area contributed by atoms with E-state index in [1.807, 2.05) is 31.2 Å². The molecule has 1 unspecified atom stereocenters. The van der Waals surface area contributed by atoms with E-state index in [1.165, 1.54) is 11.1 Å². The van der Waals surface area contributed by atoms with Crippen molar-refractivity contribution in [2.75, 3.05) is 6.61 Å². The predicted octanol–water partition coefficient (Wildman–Crippen LogP) is 3.25. The second-order valence-corrected chi connectivity index (χ2v) is 4.99. The summed E-state index contributed by atoms with van der Waals surface area (Å²) in [6.45, 7) is 6.82. The van der Waals surface area contributed by atoms with Gasteiger partial charge in [0.15, 0.2) is 0 Å². The number of hydrogen-bond donors (Lipinski definition) is 2. The molecule has 0 bridgehead atoms. The van der Waals surface area contributed by atoms with Crippen LogP contribution in [0.3, 0.4) is 0 Å². The van der Waals surface area contributed by atoms with Crippen molar-refractivity contribution in [2.45, 2.75) is 26.8 Å². The smallest absolute Gasteiger partial charge is 0.124 e. The third kappa shape index (κ3) is 3.18. The highest BCUT2D eigenvalue weighted by molar-refractivity contribution is 5.43. The van der Waals surface area contributed by atoms with Gasteiger partial charge in [-0.2, -0.15) is 0 Å². The summed E-state index contributed by atoms with van der Waals surface area (Å²) in [5.74, 6) is 6.67. The maximum absolute atomic E-state index is 5.80. The topological polar surface area (TPSA) is 47.3 Å². The summed E-state index contributed by atoms with van der Waals surface area (Å²) in [6.07, 6.45) is 0. The van der Waals surface area contributed by atoms with Gasteiger partial charge in [0.1, 0.15) is 5.75 Å². The largest absolute Gasteiger partial charge is 0.494 e. The summed E-state index contributed by atoms with van der Waals surface area (Å²) in [5, 5.41) is 0. The van der Waals surface area contributed by atoms with Crippen LogP contribution in [0.5, 0.6) is 5.75 Å². The number of nitrogens with two attached hydrogens (primary N) is 1. The lowest BCUT2D eigenvalue weighted by molar-refractivity contribution is 0.333. The van der Waals surface area contributed by atoms with Crippen LogP contribution in [0, 0.1) is 13.8 Å². The molecular formula is C17H22N2O. The van der Waals surface area contributed by atoms with E-state index in [4.69, 9.17) is 10.6 Å². The number of aryl methyl sites for hydroxylation is 2. The number of ether oxygens (including phenoxy) is 1. The fourth-order valence-electron chi connectivity index (χ4n) is 2.55. The summed E-state index contributed by atoms with van der Waals surface area (Å²) >= 11 is 0. The van der Waals surface area contributed by atoms with Gasteiger partial charge in [-0.1, -0.05) is 47.5 Å². The standard InChI is InChI=1S/C17H22N2O/c1-4-20-16-8-6-5-7-15(16)17(19-18)14-10-12(2)9-13(3)11-14/h5-11,17,19H,4,18H2,1-3H3. The van der Waals surface area contributed by atoms with E-state index in [0.29, 0.717) is 6.61 Å². The molecule has 0 aromatic heterocycles. The van der Waals surface area contributed by atoms with E-state index in [2.05, 4.69) is 37.5 Å². The average Bonchev–Trinajstić information content (AvgIpc) is 2.41. The van der Waals surface area contributed by atoms with E-state index >= 15 is 0 Å². The van der Waals surface area contributed by atoms with Gasteiger partial charge in [0.05, 0.1) is 12.6 Å². The number of hydrazine groups is 1. The first-order valence-corrected chi connectivity index (χ1v) is 6.91. The normalized spacial score (nSPS) is 12.2. The number of nitrogens with one attached hydrogen (secondary N) is 1. The first-order valence-electron chi connectivity index (χ1n) is 6.91. The van der Waals surface area contributed by atoms with E-state index < -0.39 is 0 Å². The van der Waals surface area contributed by atoms with Crippen molar-refractivity contribution in [2.24, 2.45) is 5.84 Å². The Labute approximate surface area is 120 Å². The monoisotopic (exact) mass is 270 g/mol. The molecule has 0 aliphatic rings. The lowest BCUT2D eigenvalue weighted by atomic mass is 9.95.